The van der Waals surface area contributed by atoms with Crippen LogP contribution >= 0.6 is 11.6 Å². The molecule has 3 rings (SSSR count). The Kier molecular flexibility index (Phi) is 4.52. The molecule has 0 saturated heterocycles. The Bertz CT molecular complexity index is 734. The van der Waals surface area contributed by atoms with Gasteiger partial charge in [-0.25, -0.2) is 0 Å². The third-order valence-corrected chi connectivity index (χ3v) is 3.73. The number of halogens is 1. The number of aromatic nitrogens is 2. The van der Waals surface area contributed by atoms with E-state index in [-0.39, 0.29) is 24.5 Å². The van der Waals surface area contributed by atoms with Crippen molar-refractivity contribution in [2.24, 2.45) is 0 Å². The maximum absolute atomic E-state index is 12.4. The number of hydrogen-bond acceptors (Lipinski definition) is 5. The fraction of sp³-hybridized carbons (Fsp3) is 0.250. The third-order valence-electron chi connectivity index (χ3n) is 3.50. The van der Waals surface area contributed by atoms with Gasteiger partial charge in [-0.15, -0.1) is 0 Å². The summed E-state index contributed by atoms with van der Waals surface area (Å²) in [6, 6.07) is 4.88. The van der Waals surface area contributed by atoms with Crippen molar-refractivity contribution in [2.45, 2.75) is 12.8 Å². The molecule has 1 aliphatic rings. The summed E-state index contributed by atoms with van der Waals surface area (Å²) in [4.78, 5) is 34.1. The summed E-state index contributed by atoms with van der Waals surface area (Å²) < 4.78 is 5.49. The van der Waals surface area contributed by atoms with Gasteiger partial charge in [0.25, 0.3) is 0 Å². The van der Waals surface area contributed by atoms with Crippen molar-refractivity contribution >= 4 is 29.0 Å². The second-order valence-corrected chi connectivity index (χ2v) is 5.46. The van der Waals surface area contributed by atoms with E-state index in [1.807, 2.05) is 0 Å². The molecule has 0 saturated carbocycles. The highest BCUT2D eigenvalue weighted by Crippen LogP contribution is 2.30. The van der Waals surface area contributed by atoms with E-state index >= 15 is 0 Å². The molecule has 1 aliphatic heterocycles. The van der Waals surface area contributed by atoms with Crippen LogP contribution in [0.1, 0.15) is 23.3 Å². The van der Waals surface area contributed by atoms with Crippen LogP contribution in [0, 0.1) is 0 Å². The molecule has 118 valence electrons. The van der Waals surface area contributed by atoms with E-state index in [0.29, 0.717) is 35.3 Å². The lowest BCUT2D eigenvalue weighted by molar-refractivity contribution is -0.118. The second-order valence-electron chi connectivity index (χ2n) is 5.02. The van der Waals surface area contributed by atoms with Crippen LogP contribution in [0.2, 0.25) is 5.02 Å². The maximum Gasteiger partial charge on any atom is 0.227 e. The van der Waals surface area contributed by atoms with Crippen LogP contribution in [0.3, 0.4) is 0 Å². The van der Waals surface area contributed by atoms with Crippen LogP contribution in [0.4, 0.5) is 5.69 Å². The van der Waals surface area contributed by atoms with E-state index in [0.717, 1.165) is 0 Å². The number of amides is 1. The lowest BCUT2D eigenvalue weighted by atomic mass is 10.1. The SMILES string of the molecule is O=C(CCC(=O)N1CCOc2ccncc21)c1ccc(Cl)cn1. The predicted molar refractivity (Wildman–Crippen MR) is 84.9 cm³/mol. The summed E-state index contributed by atoms with van der Waals surface area (Å²) >= 11 is 5.74. The molecular weight excluding hydrogens is 318 g/mol. The Hall–Kier alpha value is -2.47. The molecular formula is C16H14ClN3O3. The van der Waals surface area contributed by atoms with E-state index in [2.05, 4.69) is 9.97 Å². The number of fused-ring (bicyclic) bond motifs is 1. The molecule has 0 atom stereocenters. The Balaban J connectivity index is 1.64. The minimum atomic E-state index is -0.185. The first-order valence-corrected chi connectivity index (χ1v) is 7.55. The molecule has 0 aliphatic carbocycles. The Morgan fingerprint density at radius 3 is 2.87 bits per heavy atom. The van der Waals surface area contributed by atoms with Crippen molar-refractivity contribution in [3.05, 3.63) is 47.5 Å². The topological polar surface area (TPSA) is 72.4 Å². The molecule has 0 bridgehead atoms. The van der Waals surface area contributed by atoms with Gasteiger partial charge in [-0.05, 0) is 12.1 Å². The van der Waals surface area contributed by atoms with Crippen molar-refractivity contribution in [2.75, 3.05) is 18.1 Å². The zero-order chi connectivity index (χ0) is 16.2. The minimum absolute atomic E-state index is 0.0976. The van der Waals surface area contributed by atoms with Crippen LogP contribution in [0.25, 0.3) is 0 Å². The number of carbonyl (C=O) groups is 2. The van der Waals surface area contributed by atoms with E-state index in [4.69, 9.17) is 16.3 Å². The highest BCUT2D eigenvalue weighted by Gasteiger charge is 2.24. The first kappa shape index (κ1) is 15.4. The molecule has 1 amide bonds. The smallest absolute Gasteiger partial charge is 0.227 e. The molecule has 2 aromatic rings. The van der Waals surface area contributed by atoms with Crippen molar-refractivity contribution < 1.29 is 14.3 Å². The number of hydrogen-bond donors (Lipinski definition) is 0. The second kappa shape index (κ2) is 6.75. The first-order chi connectivity index (χ1) is 11.1. The molecule has 0 radical (unpaired) electrons. The summed E-state index contributed by atoms with van der Waals surface area (Å²) in [5, 5.41) is 0.468. The van der Waals surface area contributed by atoms with Gasteiger partial charge in [-0.2, -0.15) is 0 Å². The van der Waals surface area contributed by atoms with Crippen LogP contribution < -0.4 is 9.64 Å². The lowest BCUT2D eigenvalue weighted by Crippen LogP contribution is -2.38. The average Bonchev–Trinajstić information content (AvgIpc) is 2.59. The zero-order valence-electron chi connectivity index (χ0n) is 12.2. The number of Topliss-reactive ketones (excluding diaryl/α,β-unsaturated/α-hetero) is 1. The number of rotatable bonds is 4. The van der Waals surface area contributed by atoms with Gasteiger partial charge in [0.05, 0.1) is 17.8 Å². The van der Waals surface area contributed by atoms with E-state index in [1.54, 1.807) is 35.5 Å². The van der Waals surface area contributed by atoms with Crippen molar-refractivity contribution in [3.8, 4) is 5.75 Å². The van der Waals surface area contributed by atoms with Crippen molar-refractivity contribution in [1.82, 2.24) is 9.97 Å². The van der Waals surface area contributed by atoms with Crippen molar-refractivity contribution in [1.29, 1.82) is 0 Å². The molecule has 0 spiro atoms. The summed E-state index contributed by atoms with van der Waals surface area (Å²) in [7, 11) is 0. The van der Waals surface area contributed by atoms with Gasteiger partial charge in [0.1, 0.15) is 23.7 Å². The van der Waals surface area contributed by atoms with E-state index in [1.165, 1.54) is 6.20 Å². The van der Waals surface area contributed by atoms with Crippen LogP contribution in [-0.4, -0.2) is 34.8 Å². The maximum atomic E-state index is 12.4. The molecule has 2 aromatic heterocycles. The van der Waals surface area contributed by atoms with Crippen LogP contribution in [0.5, 0.6) is 5.75 Å². The number of anilines is 1. The quantitative estimate of drug-likeness (QED) is 0.805. The highest BCUT2D eigenvalue weighted by atomic mass is 35.5. The Morgan fingerprint density at radius 1 is 1.22 bits per heavy atom. The summed E-state index contributed by atoms with van der Waals surface area (Å²) in [5.74, 6) is 0.310. The highest BCUT2D eigenvalue weighted by molar-refractivity contribution is 6.30. The molecule has 0 aromatic carbocycles. The van der Waals surface area contributed by atoms with Crippen LogP contribution in [0.15, 0.2) is 36.8 Å². The molecule has 0 unspecified atom stereocenters. The van der Waals surface area contributed by atoms with Crippen molar-refractivity contribution in [3.63, 3.8) is 0 Å². The predicted octanol–water partition coefficient (Wildman–Crippen LogP) is 2.52. The number of pyridine rings is 2. The molecule has 3 heterocycles. The van der Waals surface area contributed by atoms with Gasteiger partial charge in [-0.1, -0.05) is 11.6 Å². The first-order valence-electron chi connectivity index (χ1n) is 7.17. The summed E-state index contributed by atoms with van der Waals surface area (Å²) in [6.07, 6.45) is 4.83. The van der Waals surface area contributed by atoms with E-state index in [9.17, 15) is 9.59 Å². The fourth-order valence-corrected chi connectivity index (χ4v) is 2.46. The molecule has 0 fully saturated rings. The van der Waals surface area contributed by atoms with Gasteiger partial charge in [0, 0.05) is 31.3 Å². The Labute approximate surface area is 138 Å². The normalized spacial score (nSPS) is 13.2. The molecule has 7 heteroatoms. The van der Waals surface area contributed by atoms with Gasteiger partial charge >= 0.3 is 0 Å². The third kappa shape index (κ3) is 3.48. The Morgan fingerprint density at radius 2 is 2.09 bits per heavy atom. The monoisotopic (exact) mass is 331 g/mol. The zero-order valence-corrected chi connectivity index (χ0v) is 13.0. The number of ether oxygens (including phenoxy) is 1. The number of nitrogens with zero attached hydrogens (tertiary/aromatic N) is 3. The minimum Gasteiger partial charge on any atom is -0.489 e. The largest absolute Gasteiger partial charge is 0.489 e. The molecule has 23 heavy (non-hydrogen) atoms. The van der Waals surface area contributed by atoms with Gasteiger partial charge in [0.2, 0.25) is 5.91 Å². The fourth-order valence-electron chi connectivity index (χ4n) is 2.35. The van der Waals surface area contributed by atoms with Gasteiger partial charge < -0.3 is 9.64 Å². The van der Waals surface area contributed by atoms with Gasteiger partial charge in [-0.3, -0.25) is 19.6 Å². The standard InChI is InChI=1S/C16H14ClN3O3/c17-11-1-2-12(19-9-11)14(21)3-4-16(22)20-7-8-23-15-5-6-18-10-13(15)20/h1-2,5-6,9-10H,3-4,7-8H2. The lowest BCUT2D eigenvalue weighted by Gasteiger charge is -2.28. The van der Waals surface area contributed by atoms with Crippen LogP contribution in [-0.2, 0) is 4.79 Å². The number of ketones is 1. The average molecular weight is 332 g/mol. The summed E-state index contributed by atoms with van der Waals surface area (Å²) in [6.45, 7) is 0.875. The van der Waals surface area contributed by atoms with E-state index < -0.39 is 0 Å². The molecule has 6 nitrogen and oxygen atoms in total. The van der Waals surface area contributed by atoms with Gasteiger partial charge in [0.15, 0.2) is 5.78 Å². The number of carbonyl (C=O) groups excluding carboxylic acids is 2. The summed E-state index contributed by atoms with van der Waals surface area (Å²) in [5.41, 5.74) is 0.951. The molecule has 0 N–H and O–H groups in total.